The van der Waals surface area contributed by atoms with Crippen molar-refractivity contribution in [2.45, 2.75) is 26.3 Å². The molecule has 2 N–H and O–H groups in total. The van der Waals surface area contributed by atoms with Gasteiger partial charge < -0.3 is 5.11 Å². The maximum absolute atomic E-state index is 11.1. The molecule has 0 saturated carbocycles. The summed E-state index contributed by atoms with van der Waals surface area (Å²) in [6.07, 6.45) is 0.384. The first-order valence-electron chi connectivity index (χ1n) is 5.51. The Hall–Kier alpha value is -1.68. The first kappa shape index (κ1) is 13.4. The number of ketones is 1. The van der Waals surface area contributed by atoms with Crippen LogP contribution < -0.4 is 5.32 Å². The Bertz CT molecular complexity index is 415. The second kappa shape index (κ2) is 6.15. The SMILES string of the molecule is CC(=O)CNC(Cc1ccccc1C)C(=O)O. The minimum Gasteiger partial charge on any atom is -0.480 e. The van der Waals surface area contributed by atoms with Crippen LogP contribution in [0.15, 0.2) is 24.3 Å². The van der Waals surface area contributed by atoms with Gasteiger partial charge in [0.05, 0.1) is 6.54 Å². The molecule has 0 heterocycles. The van der Waals surface area contributed by atoms with Gasteiger partial charge >= 0.3 is 5.97 Å². The third-order valence-corrected chi connectivity index (χ3v) is 2.58. The van der Waals surface area contributed by atoms with E-state index in [4.69, 9.17) is 5.11 Å². The van der Waals surface area contributed by atoms with Gasteiger partial charge in [-0.3, -0.25) is 14.9 Å². The number of aliphatic carboxylic acids is 1. The van der Waals surface area contributed by atoms with Crippen LogP contribution in [0.25, 0.3) is 0 Å². The standard InChI is InChI=1S/C13H17NO3/c1-9-5-3-4-6-11(9)7-12(13(16)17)14-8-10(2)15/h3-6,12,14H,7-8H2,1-2H3,(H,16,17). The summed E-state index contributed by atoms with van der Waals surface area (Å²) in [6, 6.07) is 6.92. The molecule has 0 bridgehead atoms. The van der Waals surface area contributed by atoms with Gasteiger partial charge in [-0.2, -0.15) is 0 Å². The number of Topliss-reactive ketones (excluding diaryl/α,β-unsaturated/α-hetero) is 1. The molecular formula is C13H17NO3. The Kier molecular flexibility index (Phi) is 4.84. The summed E-state index contributed by atoms with van der Waals surface area (Å²) in [5, 5.41) is 11.8. The molecular weight excluding hydrogens is 218 g/mol. The van der Waals surface area contributed by atoms with E-state index >= 15 is 0 Å². The summed E-state index contributed by atoms with van der Waals surface area (Å²) in [4.78, 5) is 21.9. The van der Waals surface area contributed by atoms with Gasteiger partial charge in [0.25, 0.3) is 0 Å². The lowest BCUT2D eigenvalue weighted by Crippen LogP contribution is -2.40. The third kappa shape index (κ3) is 4.36. The predicted octanol–water partition coefficient (Wildman–Crippen LogP) is 1.17. The monoisotopic (exact) mass is 235 g/mol. The van der Waals surface area contributed by atoms with E-state index in [1.54, 1.807) is 0 Å². The molecule has 92 valence electrons. The number of benzene rings is 1. The number of carbonyl (C=O) groups excluding carboxylic acids is 1. The molecule has 0 aromatic heterocycles. The second-order valence-corrected chi connectivity index (χ2v) is 4.10. The van der Waals surface area contributed by atoms with E-state index in [-0.39, 0.29) is 12.3 Å². The molecule has 1 rings (SSSR count). The highest BCUT2D eigenvalue weighted by atomic mass is 16.4. The summed E-state index contributed by atoms with van der Waals surface area (Å²) >= 11 is 0. The summed E-state index contributed by atoms with van der Waals surface area (Å²) in [6.45, 7) is 3.46. The Labute approximate surface area is 101 Å². The van der Waals surface area contributed by atoms with Crippen molar-refractivity contribution in [2.24, 2.45) is 0 Å². The van der Waals surface area contributed by atoms with Crippen molar-refractivity contribution in [3.05, 3.63) is 35.4 Å². The molecule has 0 spiro atoms. The van der Waals surface area contributed by atoms with Crippen LogP contribution in [-0.4, -0.2) is 29.4 Å². The first-order chi connectivity index (χ1) is 8.00. The second-order valence-electron chi connectivity index (χ2n) is 4.10. The lowest BCUT2D eigenvalue weighted by atomic mass is 10.0. The molecule has 1 aromatic rings. The van der Waals surface area contributed by atoms with Gasteiger partial charge in [-0.25, -0.2) is 0 Å². The number of carbonyl (C=O) groups is 2. The highest BCUT2D eigenvalue weighted by Gasteiger charge is 2.18. The van der Waals surface area contributed by atoms with Crippen molar-refractivity contribution in [1.82, 2.24) is 5.32 Å². The number of hydrogen-bond acceptors (Lipinski definition) is 3. The smallest absolute Gasteiger partial charge is 0.321 e. The number of aryl methyl sites for hydroxylation is 1. The highest BCUT2D eigenvalue weighted by Crippen LogP contribution is 2.09. The van der Waals surface area contributed by atoms with Gasteiger partial charge in [0.1, 0.15) is 11.8 Å². The van der Waals surface area contributed by atoms with E-state index in [1.165, 1.54) is 6.92 Å². The van der Waals surface area contributed by atoms with Gasteiger partial charge in [-0.05, 0) is 31.4 Å². The van der Waals surface area contributed by atoms with Crippen LogP contribution in [0.3, 0.4) is 0 Å². The van der Waals surface area contributed by atoms with Crippen LogP contribution in [0.4, 0.5) is 0 Å². The Morgan fingerprint density at radius 1 is 1.35 bits per heavy atom. The maximum Gasteiger partial charge on any atom is 0.321 e. The third-order valence-electron chi connectivity index (χ3n) is 2.58. The normalized spacial score (nSPS) is 12.1. The maximum atomic E-state index is 11.1. The van der Waals surface area contributed by atoms with Crippen molar-refractivity contribution < 1.29 is 14.7 Å². The molecule has 0 amide bonds. The molecule has 1 atom stereocenters. The lowest BCUT2D eigenvalue weighted by Gasteiger charge is -2.14. The summed E-state index contributed by atoms with van der Waals surface area (Å²) in [5.41, 5.74) is 2.04. The fourth-order valence-corrected chi connectivity index (χ4v) is 1.57. The minimum atomic E-state index is -0.936. The fraction of sp³-hybridized carbons (Fsp3) is 0.385. The lowest BCUT2D eigenvalue weighted by molar-refractivity contribution is -0.139. The largest absolute Gasteiger partial charge is 0.480 e. The van der Waals surface area contributed by atoms with E-state index in [1.807, 2.05) is 31.2 Å². The molecule has 0 fully saturated rings. The van der Waals surface area contributed by atoms with Gasteiger partial charge in [-0.15, -0.1) is 0 Å². The van der Waals surface area contributed by atoms with Crippen LogP contribution in [0.2, 0.25) is 0 Å². The summed E-state index contributed by atoms with van der Waals surface area (Å²) in [5.74, 6) is -1.00. The number of rotatable bonds is 6. The molecule has 1 aromatic carbocycles. The molecule has 0 saturated heterocycles. The van der Waals surface area contributed by atoms with Crippen molar-refractivity contribution in [2.75, 3.05) is 6.54 Å². The number of carboxylic acid groups (broad SMARTS) is 1. The molecule has 4 nitrogen and oxygen atoms in total. The first-order valence-corrected chi connectivity index (χ1v) is 5.51. The fourth-order valence-electron chi connectivity index (χ4n) is 1.57. The van der Waals surface area contributed by atoms with Crippen LogP contribution in [-0.2, 0) is 16.0 Å². The van der Waals surface area contributed by atoms with E-state index in [9.17, 15) is 9.59 Å². The van der Waals surface area contributed by atoms with Crippen LogP contribution in [0, 0.1) is 6.92 Å². The van der Waals surface area contributed by atoms with Crippen molar-refractivity contribution in [1.29, 1.82) is 0 Å². The molecule has 0 aliphatic rings. The topological polar surface area (TPSA) is 66.4 Å². The zero-order valence-corrected chi connectivity index (χ0v) is 10.1. The quantitative estimate of drug-likeness (QED) is 0.776. The zero-order chi connectivity index (χ0) is 12.8. The Balaban J connectivity index is 2.70. The van der Waals surface area contributed by atoms with E-state index in [0.717, 1.165) is 11.1 Å². The van der Waals surface area contributed by atoms with E-state index in [2.05, 4.69) is 5.32 Å². The summed E-state index contributed by atoms with van der Waals surface area (Å²) < 4.78 is 0. The Morgan fingerprint density at radius 3 is 2.53 bits per heavy atom. The number of carboxylic acids is 1. The van der Waals surface area contributed by atoms with Gasteiger partial charge in [0.15, 0.2) is 0 Å². The molecule has 1 unspecified atom stereocenters. The molecule has 0 aliphatic heterocycles. The molecule has 0 aliphatic carbocycles. The molecule has 17 heavy (non-hydrogen) atoms. The molecule has 4 heteroatoms. The predicted molar refractivity (Wildman–Crippen MR) is 65.0 cm³/mol. The zero-order valence-electron chi connectivity index (χ0n) is 10.1. The van der Waals surface area contributed by atoms with Crippen molar-refractivity contribution >= 4 is 11.8 Å². The van der Waals surface area contributed by atoms with Crippen molar-refractivity contribution in [3.63, 3.8) is 0 Å². The average molecular weight is 235 g/mol. The van der Waals surface area contributed by atoms with Crippen LogP contribution in [0.1, 0.15) is 18.1 Å². The molecule has 0 radical (unpaired) electrons. The Morgan fingerprint density at radius 2 is 2.00 bits per heavy atom. The highest BCUT2D eigenvalue weighted by molar-refractivity contribution is 5.79. The summed E-state index contributed by atoms with van der Waals surface area (Å²) in [7, 11) is 0. The van der Waals surface area contributed by atoms with E-state index in [0.29, 0.717) is 6.42 Å². The van der Waals surface area contributed by atoms with Crippen LogP contribution >= 0.6 is 0 Å². The van der Waals surface area contributed by atoms with Crippen LogP contribution in [0.5, 0.6) is 0 Å². The number of hydrogen-bond donors (Lipinski definition) is 2. The van der Waals surface area contributed by atoms with E-state index < -0.39 is 12.0 Å². The minimum absolute atomic E-state index is 0.0685. The van der Waals surface area contributed by atoms with Crippen molar-refractivity contribution in [3.8, 4) is 0 Å². The van der Waals surface area contributed by atoms with Gasteiger partial charge in [0.2, 0.25) is 0 Å². The number of nitrogens with one attached hydrogen (secondary N) is 1. The van der Waals surface area contributed by atoms with Gasteiger partial charge in [0, 0.05) is 0 Å². The average Bonchev–Trinajstić information content (AvgIpc) is 2.25. The van der Waals surface area contributed by atoms with Gasteiger partial charge in [-0.1, -0.05) is 24.3 Å².